The van der Waals surface area contributed by atoms with E-state index >= 15 is 0 Å². The molecule has 0 atom stereocenters. The molecule has 0 radical (unpaired) electrons. The van der Waals surface area contributed by atoms with Gasteiger partial charge in [0.25, 0.3) is 5.69 Å². The van der Waals surface area contributed by atoms with E-state index in [0.29, 0.717) is 37.6 Å². The molecule has 0 saturated carbocycles. The summed E-state index contributed by atoms with van der Waals surface area (Å²) in [6.45, 7) is 2.40. The molecule has 0 amide bonds. The molecule has 1 saturated heterocycles. The molecule has 1 N–H and O–H groups in total. The summed E-state index contributed by atoms with van der Waals surface area (Å²) in [5, 5.41) is 22.4. The van der Waals surface area contributed by atoms with Crippen LogP contribution >= 0.6 is 0 Å². The van der Waals surface area contributed by atoms with E-state index in [1.807, 2.05) is 4.90 Å². The van der Waals surface area contributed by atoms with E-state index in [-0.39, 0.29) is 5.69 Å². The molecular weight excluding hydrogens is 238 g/mol. The Kier molecular flexibility index (Phi) is 3.73. The summed E-state index contributed by atoms with van der Waals surface area (Å²) in [6, 6.07) is 4.74. The van der Waals surface area contributed by atoms with Gasteiger partial charge in [-0.05, 0) is 6.07 Å². The Balaban J connectivity index is 2.36. The van der Waals surface area contributed by atoms with Crippen LogP contribution < -0.4 is 4.90 Å². The Morgan fingerprint density at radius 2 is 2.17 bits per heavy atom. The van der Waals surface area contributed by atoms with Gasteiger partial charge < -0.3 is 14.8 Å². The van der Waals surface area contributed by atoms with E-state index in [1.54, 1.807) is 12.1 Å². The highest BCUT2D eigenvalue weighted by Gasteiger charge is 2.21. The van der Waals surface area contributed by atoms with Crippen molar-refractivity contribution in [2.45, 2.75) is 0 Å². The number of nitro groups is 1. The maximum Gasteiger partial charge on any atom is 0.293 e. The van der Waals surface area contributed by atoms with Crippen LogP contribution in [0.5, 0.6) is 0 Å². The van der Waals surface area contributed by atoms with Gasteiger partial charge in [-0.25, -0.2) is 0 Å². The monoisotopic (exact) mass is 251 g/mol. The van der Waals surface area contributed by atoms with E-state index in [0.717, 1.165) is 6.21 Å². The quantitative estimate of drug-likeness (QED) is 0.378. The van der Waals surface area contributed by atoms with Crippen LogP contribution in [0, 0.1) is 10.1 Å². The first kappa shape index (κ1) is 12.3. The van der Waals surface area contributed by atoms with E-state index < -0.39 is 4.92 Å². The van der Waals surface area contributed by atoms with E-state index in [9.17, 15) is 10.1 Å². The molecule has 1 aromatic carbocycles. The van der Waals surface area contributed by atoms with Gasteiger partial charge in [0.15, 0.2) is 0 Å². The maximum absolute atomic E-state index is 11.1. The summed E-state index contributed by atoms with van der Waals surface area (Å²) in [7, 11) is 0. The van der Waals surface area contributed by atoms with Crippen molar-refractivity contribution in [2.24, 2.45) is 5.16 Å². The zero-order valence-electron chi connectivity index (χ0n) is 9.65. The molecule has 7 nitrogen and oxygen atoms in total. The average molecular weight is 251 g/mol. The first-order valence-electron chi connectivity index (χ1n) is 5.51. The predicted molar refractivity (Wildman–Crippen MR) is 65.5 cm³/mol. The molecule has 0 bridgehead atoms. The summed E-state index contributed by atoms with van der Waals surface area (Å²) in [6.07, 6.45) is 1.16. The third kappa shape index (κ3) is 2.57. The van der Waals surface area contributed by atoms with Gasteiger partial charge in [0.2, 0.25) is 0 Å². The first-order valence-corrected chi connectivity index (χ1v) is 5.51. The van der Waals surface area contributed by atoms with Crippen molar-refractivity contribution in [1.82, 2.24) is 0 Å². The third-order valence-electron chi connectivity index (χ3n) is 2.75. The van der Waals surface area contributed by atoms with E-state index in [1.165, 1.54) is 6.07 Å². The maximum atomic E-state index is 11.1. The summed E-state index contributed by atoms with van der Waals surface area (Å²) < 4.78 is 5.22. The highest BCUT2D eigenvalue weighted by Crippen LogP contribution is 2.29. The Morgan fingerprint density at radius 3 is 2.78 bits per heavy atom. The largest absolute Gasteiger partial charge is 0.411 e. The second-order valence-corrected chi connectivity index (χ2v) is 3.85. The van der Waals surface area contributed by atoms with Crippen molar-refractivity contribution in [3.05, 3.63) is 33.9 Å². The highest BCUT2D eigenvalue weighted by atomic mass is 16.6. The molecule has 2 rings (SSSR count). The molecule has 18 heavy (non-hydrogen) atoms. The van der Waals surface area contributed by atoms with Gasteiger partial charge in [-0.2, -0.15) is 0 Å². The number of benzene rings is 1. The van der Waals surface area contributed by atoms with Crippen molar-refractivity contribution in [1.29, 1.82) is 0 Å². The Morgan fingerprint density at radius 1 is 1.44 bits per heavy atom. The molecule has 1 fully saturated rings. The number of nitrogens with zero attached hydrogens (tertiary/aromatic N) is 3. The molecule has 0 aromatic heterocycles. The molecule has 1 aromatic rings. The van der Waals surface area contributed by atoms with Crippen LogP contribution in [-0.4, -0.2) is 42.6 Å². The van der Waals surface area contributed by atoms with Crippen molar-refractivity contribution >= 4 is 17.6 Å². The van der Waals surface area contributed by atoms with Gasteiger partial charge in [-0.15, -0.1) is 0 Å². The summed E-state index contributed by atoms with van der Waals surface area (Å²) in [4.78, 5) is 12.5. The Labute approximate surface area is 103 Å². The number of oxime groups is 1. The zero-order chi connectivity index (χ0) is 13.0. The van der Waals surface area contributed by atoms with Crippen LogP contribution in [0.25, 0.3) is 0 Å². The van der Waals surface area contributed by atoms with Crippen LogP contribution in [0.3, 0.4) is 0 Å². The smallest absolute Gasteiger partial charge is 0.293 e. The van der Waals surface area contributed by atoms with Gasteiger partial charge >= 0.3 is 0 Å². The fourth-order valence-corrected chi connectivity index (χ4v) is 1.91. The van der Waals surface area contributed by atoms with Crippen LogP contribution in [0.4, 0.5) is 11.4 Å². The molecule has 0 aliphatic carbocycles. The molecular formula is C11H13N3O4. The van der Waals surface area contributed by atoms with Gasteiger partial charge in [0, 0.05) is 24.7 Å². The van der Waals surface area contributed by atoms with Crippen molar-refractivity contribution < 1.29 is 14.9 Å². The van der Waals surface area contributed by atoms with Gasteiger partial charge in [-0.3, -0.25) is 10.1 Å². The number of nitro benzene ring substituents is 1. The van der Waals surface area contributed by atoms with Gasteiger partial charge in [0.05, 0.1) is 24.4 Å². The molecule has 7 heteroatoms. The van der Waals surface area contributed by atoms with Crippen molar-refractivity contribution in [3.63, 3.8) is 0 Å². The van der Waals surface area contributed by atoms with Crippen LogP contribution in [0.15, 0.2) is 23.4 Å². The van der Waals surface area contributed by atoms with Crippen molar-refractivity contribution in [2.75, 3.05) is 31.2 Å². The Bertz CT molecular complexity index is 469. The topological polar surface area (TPSA) is 88.2 Å². The summed E-state index contributed by atoms with van der Waals surface area (Å²) in [5.74, 6) is 0. The number of ether oxygens (including phenoxy) is 1. The van der Waals surface area contributed by atoms with Gasteiger partial charge in [-0.1, -0.05) is 11.2 Å². The first-order chi connectivity index (χ1) is 8.72. The minimum atomic E-state index is -0.431. The van der Waals surface area contributed by atoms with E-state index in [4.69, 9.17) is 9.94 Å². The fourth-order valence-electron chi connectivity index (χ4n) is 1.91. The number of hydrogen-bond donors (Lipinski definition) is 1. The number of morpholine rings is 1. The normalized spacial score (nSPS) is 16.1. The molecule has 1 aliphatic rings. The second-order valence-electron chi connectivity index (χ2n) is 3.85. The van der Waals surface area contributed by atoms with Crippen LogP contribution in [0.2, 0.25) is 0 Å². The van der Waals surface area contributed by atoms with Crippen LogP contribution in [-0.2, 0) is 4.74 Å². The zero-order valence-corrected chi connectivity index (χ0v) is 9.65. The standard InChI is InChI=1S/C11H13N3O4/c15-12-8-9-1-2-10(11(7-9)14(16)17)13-3-5-18-6-4-13/h1-2,7-8,15H,3-6H2/b12-8-. The third-order valence-corrected chi connectivity index (χ3v) is 2.75. The lowest BCUT2D eigenvalue weighted by atomic mass is 10.1. The van der Waals surface area contributed by atoms with Gasteiger partial charge in [0.1, 0.15) is 5.69 Å². The fraction of sp³-hybridized carbons (Fsp3) is 0.364. The second kappa shape index (κ2) is 5.46. The predicted octanol–water partition coefficient (Wildman–Crippen LogP) is 1.24. The lowest BCUT2D eigenvalue weighted by Crippen LogP contribution is -2.36. The number of anilines is 1. The van der Waals surface area contributed by atoms with E-state index in [2.05, 4.69) is 5.16 Å². The van der Waals surface area contributed by atoms with Crippen molar-refractivity contribution in [3.8, 4) is 0 Å². The Hall–Kier alpha value is -2.15. The minimum Gasteiger partial charge on any atom is -0.411 e. The summed E-state index contributed by atoms with van der Waals surface area (Å²) in [5.41, 5.74) is 1.06. The lowest BCUT2D eigenvalue weighted by molar-refractivity contribution is -0.384. The number of hydrogen-bond acceptors (Lipinski definition) is 6. The highest BCUT2D eigenvalue weighted by molar-refractivity contribution is 5.82. The molecule has 1 aliphatic heterocycles. The number of rotatable bonds is 3. The summed E-state index contributed by atoms with van der Waals surface area (Å²) >= 11 is 0. The molecule has 0 spiro atoms. The molecule has 1 heterocycles. The average Bonchev–Trinajstić information content (AvgIpc) is 2.40. The minimum absolute atomic E-state index is 0.00861. The molecule has 96 valence electrons. The van der Waals surface area contributed by atoms with Crippen LogP contribution in [0.1, 0.15) is 5.56 Å². The molecule has 0 unspecified atom stereocenters. The SMILES string of the molecule is O=[N+]([O-])c1cc(/C=N\O)ccc1N1CCOCC1. The lowest BCUT2D eigenvalue weighted by Gasteiger charge is -2.28.